The summed E-state index contributed by atoms with van der Waals surface area (Å²) in [6, 6.07) is 3.21. The van der Waals surface area contributed by atoms with E-state index in [1.165, 1.54) is 0 Å². The Morgan fingerprint density at radius 1 is 1.30 bits per heavy atom. The van der Waals surface area contributed by atoms with E-state index >= 15 is 0 Å². The lowest BCUT2D eigenvalue weighted by Crippen LogP contribution is -2.53. The molecular weight excluding hydrogens is 342 g/mol. The lowest BCUT2D eigenvalue weighted by atomic mass is 9.66. The van der Waals surface area contributed by atoms with Gasteiger partial charge in [0.1, 0.15) is 6.04 Å². The Labute approximate surface area is 160 Å². The zero-order valence-electron chi connectivity index (χ0n) is 16.1. The van der Waals surface area contributed by atoms with Crippen LogP contribution in [0, 0.1) is 5.41 Å². The first-order valence-corrected chi connectivity index (χ1v) is 10.2. The van der Waals surface area contributed by atoms with E-state index in [9.17, 15) is 9.59 Å². The number of hydrogen-bond acceptors (Lipinski definition) is 4. The third-order valence-electron chi connectivity index (χ3n) is 6.43. The van der Waals surface area contributed by atoms with Crippen LogP contribution in [0.25, 0.3) is 0 Å². The van der Waals surface area contributed by atoms with E-state index in [1.54, 1.807) is 29.4 Å². The number of likely N-dealkylation sites (tertiary alicyclic amines) is 2. The highest BCUT2D eigenvalue weighted by Gasteiger charge is 2.51. The summed E-state index contributed by atoms with van der Waals surface area (Å²) < 4.78 is 5.71. The molecule has 6 heteroatoms. The molecule has 1 spiro atoms. The molecule has 1 saturated carbocycles. The van der Waals surface area contributed by atoms with Gasteiger partial charge in [0, 0.05) is 38.6 Å². The normalized spacial score (nSPS) is 30.4. The molecule has 1 aromatic heterocycles. The molecule has 1 atom stereocenters. The van der Waals surface area contributed by atoms with Crippen LogP contribution in [0.3, 0.4) is 0 Å². The summed E-state index contributed by atoms with van der Waals surface area (Å²) in [5.74, 6) is 0.0544. The first-order valence-electron chi connectivity index (χ1n) is 10.2. The Kier molecular flexibility index (Phi) is 5.17. The third-order valence-corrected chi connectivity index (χ3v) is 6.43. The molecule has 3 heterocycles. The molecule has 2 amide bonds. The molecule has 0 radical (unpaired) electrons. The van der Waals surface area contributed by atoms with Crippen LogP contribution in [-0.2, 0) is 9.53 Å². The maximum absolute atomic E-state index is 13.3. The predicted molar refractivity (Wildman–Crippen MR) is 101 cm³/mol. The third kappa shape index (κ3) is 3.59. The van der Waals surface area contributed by atoms with Gasteiger partial charge in [-0.15, -0.1) is 0 Å². The smallest absolute Gasteiger partial charge is 0.256 e. The lowest BCUT2D eigenvalue weighted by molar-refractivity contribution is -0.138. The van der Waals surface area contributed by atoms with Gasteiger partial charge in [-0.1, -0.05) is 0 Å². The van der Waals surface area contributed by atoms with Gasteiger partial charge in [0.25, 0.3) is 5.91 Å². The van der Waals surface area contributed by atoms with Crippen molar-refractivity contribution in [3.8, 4) is 0 Å². The minimum Gasteiger partial charge on any atom is -0.378 e. The van der Waals surface area contributed by atoms with E-state index in [2.05, 4.69) is 4.98 Å². The highest BCUT2D eigenvalue weighted by molar-refractivity contribution is 5.97. The Bertz CT molecular complexity index is 687. The molecule has 6 nitrogen and oxygen atoms in total. The number of carbonyl (C=O) groups is 2. The summed E-state index contributed by atoms with van der Waals surface area (Å²) in [6.45, 7) is 5.07. The van der Waals surface area contributed by atoms with Crippen molar-refractivity contribution < 1.29 is 14.3 Å². The molecule has 146 valence electrons. The van der Waals surface area contributed by atoms with E-state index in [-0.39, 0.29) is 23.3 Å². The van der Waals surface area contributed by atoms with E-state index in [1.807, 2.05) is 11.8 Å². The maximum atomic E-state index is 13.3. The summed E-state index contributed by atoms with van der Waals surface area (Å²) >= 11 is 0. The molecule has 0 aromatic carbocycles. The molecule has 2 aliphatic heterocycles. The number of rotatable bonds is 4. The van der Waals surface area contributed by atoms with Crippen molar-refractivity contribution in [2.24, 2.45) is 5.41 Å². The molecule has 27 heavy (non-hydrogen) atoms. The minimum atomic E-state index is -0.329. The predicted octanol–water partition coefficient (Wildman–Crippen LogP) is 2.49. The number of carbonyl (C=O) groups excluding carboxylic acids is 2. The fourth-order valence-electron chi connectivity index (χ4n) is 5.01. The lowest BCUT2D eigenvalue weighted by Gasteiger charge is -2.45. The van der Waals surface area contributed by atoms with Gasteiger partial charge in [0.2, 0.25) is 5.91 Å². The van der Waals surface area contributed by atoms with Crippen LogP contribution in [0.1, 0.15) is 55.8 Å². The molecule has 1 aromatic rings. The quantitative estimate of drug-likeness (QED) is 0.816. The molecule has 4 rings (SSSR count). The van der Waals surface area contributed by atoms with Gasteiger partial charge in [0.15, 0.2) is 0 Å². The summed E-state index contributed by atoms with van der Waals surface area (Å²) in [5, 5.41) is 0. The second kappa shape index (κ2) is 7.58. The second-order valence-electron chi connectivity index (χ2n) is 8.25. The van der Waals surface area contributed by atoms with Crippen molar-refractivity contribution in [1.29, 1.82) is 0 Å². The van der Waals surface area contributed by atoms with Crippen LogP contribution in [0.5, 0.6) is 0 Å². The second-order valence-corrected chi connectivity index (χ2v) is 8.25. The van der Waals surface area contributed by atoms with Gasteiger partial charge in [-0.25, -0.2) is 0 Å². The van der Waals surface area contributed by atoms with Crippen molar-refractivity contribution in [3.05, 3.63) is 30.1 Å². The molecule has 3 aliphatic rings. The van der Waals surface area contributed by atoms with Gasteiger partial charge < -0.3 is 14.5 Å². The largest absolute Gasteiger partial charge is 0.378 e. The molecule has 2 saturated heterocycles. The van der Waals surface area contributed by atoms with Crippen LogP contribution in [0.4, 0.5) is 0 Å². The first kappa shape index (κ1) is 18.4. The Morgan fingerprint density at radius 3 is 2.89 bits per heavy atom. The topological polar surface area (TPSA) is 62.7 Å². The van der Waals surface area contributed by atoms with E-state index < -0.39 is 0 Å². The first-order chi connectivity index (χ1) is 13.1. The number of nitrogens with zero attached hydrogens (tertiary/aromatic N) is 3. The number of hydrogen-bond donors (Lipinski definition) is 0. The summed E-state index contributed by atoms with van der Waals surface area (Å²) in [6.07, 6.45) is 9.51. The van der Waals surface area contributed by atoms with Gasteiger partial charge in [-0.2, -0.15) is 0 Å². The highest BCUT2D eigenvalue weighted by Crippen LogP contribution is 2.49. The van der Waals surface area contributed by atoms with Crippen molar-refractivity contribution in [3.63, 3.8) is 0 Å². The van der Waals surface area contributed by atoms with Crippen molar-refractivity contribution >= 4 is 11.8 Å². The van der Waals surface area contributed by atoms with Crippen LogP contribution in [-0.4, -0.2) is 65.0 Å². The van der Waals surface area contributed by atoms with Gasteiger partial charge in [-0.3, -0.25) is 14.6 Å². The van der Waals surface area contributed by atoms with Crippen LogP contribution in [0.2, 0.25) is 0 Å². The average Bonchev–Trinajstić information content (AvgIpc) is 3.13. The van der Waals surface area contributed by atoms with Gasteiger partial charge in [-0.05, 0) is 63.0 Å². The fraction of sp³-hybridized carbons (Fsp3) is 0.667. The van der Waals surface area contributed by atoms with Crippen LogP contribution >= 0.6 is 0 Å². The molecule has 0 N–H and O–H groups in total. The Morgan fingerprint density at radius 2 is 2.15 bits per heavy atom. The number of pyridine rings is 1. The van der Waals surface area contributed by atoms with E-state index in [0.717, 1.165) is 58.2 Å². The number of ether oxygens (including phenoxy) is 1. The number of aromatic nitrogens is 1. The molecule has 3 fully saturated rings. The zero-order chi connectivity index (χ0) is 18.9. The highest BCUT2D eigenvalue weighted by atomic mass is 16.5. The fourth-order valence-corrected chi connectivity index (χ4v) is 5.01. The SMILES string of the molecule is CCOC1CC2(CCN(C(=O)C3CCCCN3C(=O)c3cccnc3)C2)C1. The van der Waals surface area contributed by atoms with Crippen molar-refractivity contribution in [1.82, 2.24) is 14.8 Å². The number of piperidine rings is 1. The van der Waals surface area contributed by atoms with E-state index in [0.29, 0.717) is 18.2 Å². The van der Waals surface area contributed by atoms with Crippen LogP contribution in [0.15, 0.2) is 24.5 Å². The summed E-state index contributed by atoms with van der Waals surface area (Å²) in [7, 11) is 0. The monoisotopic (exact) mass is 371 g/mol. The van der Waals surface area contributed by atoms with Crippen molar-refractivity contribution in [2.45, 2.75) is 57.6 Å². The number of amides is 2. The standard InChI is InChI=1S/C21H29N3O3/c1-2-27-17-12-21(13-17)8-11-23(15-21)20(26)18-7-3-4-10-24(18)19(25)16-6-5-9-22-14-16/h5-6,9,14,17-18H,2-4,7-8,10-13,15H2,1H3. The molecule has 1 unspecified atom stereocenters. The summed E-state index contributed by atoms with van der Waals surface area (Å²) in [4.78, 5) is 34.0. The molecule has 0 bridgehead atoms. The van der Waals surface area contributed by atoms with Crippen molar-refractivity contribution in [2.75, 3.05) is 26.2 Å². The molecular formula is C21H29N3O3. The summed E-state index contributed by atoms with van der Waals surface area (Å²) in [5.41, 5.74) is 0.816. The maximum Gasteiger partial charge on any atom is 0.256 e. The Balaban J connectivity index is 1.42. The van der Waals surface area contributed by atoms with Crippen LogP contribution < -0.4 is 0 Å². The molecule has 1 aliphatic carbocycles. The zero-order valence-corrected chi connectivity index (χ0v) is 16.1. The Hall–Kier alpha value is -1.95. The van der Waals surface area contributed by atoms with E-state index in [4.69, 9.17) is 4.74 Å². The average molecular weight is 371 g/mol. The minimum absolute atomic E-state index is 0.0740. The van der Waals surface area contributed by atoms with Gasteiger partial charge in [0.05, 0.1) is 11.7 Å². The van der Waals surface area contributed by atoms with Gasteiger partial charge >= 0.3 is 0 Å².